The number of nitro groups is 1. The van der Waals surface area contributed by atoms with E-state index in [0.29, 0.717) is 6.42 Å². The maximum Gasteiger partial charge on any atom is 0.208 e. The van der Waals surface area contributed by atoms with Crippen molar-refractivity contribution < 1.29 is 10.0 Å². The molecule has 0 aliphatic heterocycles. The number of hydrogen-bond donors (Lipinski definition) is 1. The standard InChI is InChI=1S/C9H19NO3/c1-3-4-5-6-9(11)8(2)7-10(12)13/h8-9,11H,3-7H2,1-2H3. The largest absolute Gasteiger partial charge is 0.393 e. The lowest BCUT2D eigenvalue weighted by molar-refractivity contribution is -0.489. The molecule has 2 unspecified atom stereocenters. The van der Waals surface area contributed by atoms with Crippen LogP contribution in [0.25, 0.3) is 0 Å². The highest BCUT2D eigenvalue weighted by molar-refractivity contribution is 4.63. The van der Waals surface area contributed by atoms with Gasteiger partial charge in [-0.15, -0.1) is 0 Å². The molecule has 1 N–H and O–H groups in total. The molecule has 0 aromatic rings. The Morgan fingerprint density at radius 1 is 1.46 bits per heavy atom. The van der Waals surface area contributed by atoms with E-state index >= 15 is 0 Å². The molecule has 0 saturated carbocycles. The van der Waals surface area contributed by atoms with Crippen LogP contribution in [0.3, 0.4) is 0 Å². The molecule has 13 heavy (non-hydrogen) atoms. The number of hydrogen-bond acceptors (Lipinski definition) is 3. The van der Waals surface area contributed by atoms with Crippen LogP contribution in [0.2, 0.25) is 0 Å². The number of unbranched alkanes of at least 4 members (excludes halogenated alkanes) is 2. The van der Waals surface area contributed by atoms with Crippen molar-refractivity contribution >= 4 is 0 Å². The Balaban J connectivity index is 3.56. The van der Waals surface area contributed by atoms with Crippen molar-refractivity contribution in [3.63, 3.8) is 0 Å². The van der Waals surface area contributed by atoms with Gasteiger partial charge < -0.3 is 5.11 Å². The van der Waals surface area contributed by atoms with Crippen LogP contribution in [0.15, 0.2) is 0 Å². The van der Waals surface area contributed by atoms with Gasteiger partial charge in [-0.05, 0) is 6.42 Å². The zero-order chi connectivity index (χ0) is 10.3. The van der Waals surface area contributed by atoms with E-state index in [9.17, 15) is 15.2 Å². The minimum atomic E-state index is -0.517. The van der Waals surface area contributed by atoms with Gasteiger partial charge in [0, 0.05) is 10.8 Å². The molecule has 4 nitrogen and oxygen atoms in total. The molecule has 0 radical (unpaired) electrons. The third kappa shape index (κ3) is 6.51. The molecule has 0 amide bonds. The van der Waals surface area contributed by atoms with E-state index in [1.165, 1.54) is 0 Å². The Bertz CT molecular complexity index is 150. The van der Waals surface area contributed by atoms with E-state index in [1.807, 2.05) is 0 Å². The monoisotopic (exact) mass is 189 g/mol. The Kier molecular flexibility index (Phi) is 6.49. The first-order valence-corrected chi connectivity index (χ1v) is 4.87. The number of aliphatic hydroxyl groups excluding tert-OH is 1. The summed E-state index contributed by atoms with van der Waals surface area (Å²) in [6.07, 6.45) is 3.32. The summed E-state index contributed by atoms with van der Waals surface area (Å²) in [4.78, 5) is 9.77. The highest BCUT2D eigenvalue weighted by atomic mass is 16.6. The molecule has 0 heterocycles. The molecule has 4 heteroatoms. The van der Waals surface area contributed by atoms with E-state index in [-0.39, 0.29) is 17.4 Å². The second-order valence-corrected chi connectivity index (χ2v) is 3.56. The van der Waals surface area contributed by atoms with Crippen molar-refractivity contribution in [1.29, 1.82) is 0 Å². The van der Waals surface area contributed by atoms with Crippen molar-refractivity contribution in [3.8, 4) is 0 Å². The van der Waals surface area contributed by atoms with Gasteiger partial charge in [-0.25, -0.2) is 0 Å². The van der Waals surface area contributed by atoms with Gasteiger partial charge in [0.2, 0.25) is 6.54 Å². The summed E-state index contributed by atoms with van der Waals surface area (Å²) in [5.74, 6) is -0.230. The highest BCUT2D eigenvalue weighted by Crippen LogP contribution is 2.11. The fraction of sp³-hybridized carbons (Fsp3) is 1.00. The fourth-order valence-corrected chi connectivity index (χ4v) is 1.24. The topological polar surface area (TPSA) is 63.4 Å². The average Bonchev–Trinajstić information content (AvgIpc) is 2.03. The van der Waals surface area contributed by atoms with Gasteiger partial charge in [0.05, 0.1) is 6.10 Å². The van der Waals surface area contributed by atoms with Crippen LogP contribution in [-0.2, 0) is 0 Å². The molecule has 0 aliphatic carbocycles. The van der Waals surface area contributed by atoms with Gasteiger partial charge in [0.15, 0.2) is 0 Å². The van der Waals surface area contributed by atoms with Crippen molar-refractivity contribution in [2.24, 2.45) is 5.92 Å². The lowest BCUT2D eigenvalue weighted by atomic mass is 9.99. The summed E-state index contributed by atoms with van der Waals surface area (Å²) in [6.45, 7) is 3.68. The van der Waals surface area contributed by atoms with Crippen LogP contribution in [-0.4, -0.2) is 22.7 Å². The van der Waals surface area contributed by atoms with Gasteiger partial charge in [0.25, 0.3) is 0 Å². The van der Waals surface area contributed by atoms with Crippen LogP contribution in [0.1, 0.15) is 39.5 Å². The van der Waals surface area contributed by atoms with Crippen LogP contribution >= 0.6 is 0 Å². The molecular weight excluding hydrogens is 170 g/mol. The predicted octanol–water partition coefficient (Wildman–Crippen LogP) is 1.84. The molecular formula is C9H19NO3. The molecule has 0 aromatic heterocycles. The fourth-order valence-electron chi connectivity index (χ4n) is 1.24. The summed E-state index contributed by atoms with van der Waals surface area (Å²) in [5.41, 5.74) is 0. The van der Waals surface area contributed by atoms with Crippen molar-refractivity contribution in [1.82, 2.24) is 0 Å². The highest BCUT2D eigenvalue weighted by Gasteiger charge is 2.18. The summed E-state index contributed by atoms with van der Waals surface area (Å²) >= 11 is 0. The molecule has 2 atom stereocenters. The summed E-state index contributed by atoms with van der Waals surface area (Å²) < 4.78 is 0. The van der Waals surface area contributed by atoms with Gasteiger partial charge in [-0.2, -0.15) is 0 Å². The maximum atomic E-state index is 10.1. The van der Waals surface area contributed by atoms with Crippen LogP contribution < -0.4 is 0 Å². The molecule has 0 aliphatic rings. The van der Waals surface area contributed by atoms with Crippen molar-refractivity contribution in [2.45, 2.75) is 45.6 Å². The Morgan fingerprint density at radius 3 is 2.54 bits per heavy atom. The summed E-state index contributed by atoms with van der Waals surface area (Å²) in [5, 5.41) is 19.6. The van der Waals surface area contributed by atoms with E-state index in [1.54, 1.807) is 6.92 Å². The van der Waals surface area contributed by atoms with Crippen LogP contribution in [0.4, 0.5) is 0 Å². The smallest absolute Gasteiger partial charge is 0.208 e. The minimum absolute atomic E-state index is 0.132. The lowest BCUT2D eigenvalue weighted by Gasteiger charge is -2.14. The first kappa shape index (κ1) is 12.4. The predicted molar refractivity (Wildman–Crippen MR) is 51.2 cm³/mol. The minimum Gasteiger partial charge on any atom is -0.393 e. The number of rotatable bonds is 7. The molecule has 78 valence electrons. The second kappa shape index (κ2) is 6.83. The zero-order valence-electron chi connectivity index (χ0n) is 8.40. The zero-order valence-corrected chi connectivity index (χ0v) is 8.40. The lowest BCUT2D eigenvalue weighted by Crippen LogP contribution is -2.24. The van der Waals surface area contributed by atoms with E-state index in [4.69, 9.17) is 0 Å². The Labute approximate surface area is 79.1 Å². The molecule has 0 spiro atoms. The Hall–Kier alpha value is -0.640. The maximum absolute atomic E-state index is 10.1. The molecule has 0 aromatic carbocycles. The molecule has 0 rings (SSSR count). The molecule has 0 bridgehead atoms. The molecule has 0 fully saturated rings. The van der Waals surface area contributed by atoms with Gasteiger partial charge in [0.1, 0.15) is 0 Å². The molecule has 0 saturated heterocycles. The van der Waals surface area contributed by atoms with Gasteiger partial charge in [-0.3, -0.25) is 10.1 Å². The van der Waals surface area contributed by atoms with E-state index in [0.717, 1.165) is 19.3 Å². The third-order valence-electron chi connectivity index (χ3n) is 2.20. The van der Waals surface area contributed by atoms with Gasteiger partial charge in [-0.1, -0.05) is 33.1 Å². The van der Waals surface area contributed by atoms with Crippen molar-refractivity contribution in [2.75, 3.05) is 6.54 Å². The number of aliphatic hydroxyl groups is 1. The van der Waals surface area contributed by atoms with E-state index < -0.39 is 6.10 Å². The van der Waals surface area contributed by atoms with Crippen LogP contribution in [0.5, 0.6) is 0 Å². The summed E-state index contributed by atoms with van der Waals surface area (Å²) in [6, 6.07) is 0. The third-order valence-corrected chi connectivity index (χ3v) is 2.20. The quantitative estimate of drug-likeness (QED) is 0.377. The van der Waals surface area contributed by atoms with Gasteiger partial charge >= 0.3 is 0 Å². The second-order valence-electron chi connectivity index (χ2n) is 3.56. The SMILES string of the molecule is CCCCCC(O)C(C)C[N+](=O)[O-]. The first-order chi connectivity index (χ1) is 6.07. The number of nitrogens with zero attached hydrogens (tertiary/aromatic N) is 1. The summed E-state index contributed by atoms with van der Waals surface area (Å²) in [7, 11) is 0. The van der Waals surface area contributed by atoms with Crippen molar-refractivity contribution in [3.05, 3.63) is 10.1 Å². The van der Waals surface area contributed by atoms with Crippen LogP contribution in [0, 0.1) is 16.0 Å². The van der Waals surface area contributed by atoms with E-state index in [2.05, 4.69) is 6.92 Å². The Morgan fingerprint density at radius 2 is 2.08 bits per heavy atom. The normalized spacial score (nSPS) is 15.3. The first-order valence-electron chi connectivity index (χ1n) is 4.87. The average molecular weight is 189 g/mol.